The highest BCUT2D eigenvalue weighted by Crippen LogP contribution is 2.36. The maximum atomic E-state index is 12.4. The molecule has 1 aromatic carbocycles. The molecule has 0 fully saturated rings. The number of carbonyl (C=O) groups excluding carboxylic acids is 1. The van der Waals surface area contributed by atoms with Gasteiger partial charge in [-0.15, -0.1) is 0 Å². The number of rotatable bonds is 1. The van der Waals surface area contributed by atoms with E-state index in [9.17, 15) is 23.1 Å². The van der Waals surface area contributed by atoms with Crippen molar-refractivity contribution in [3.63, 3.8) is 0 Å². The van der Waals surface area contributed by atoms with E-state index in [0.29, 0.717) is 0 Å². The van der Waals surface area contributed by atoms with Gasteiger partial charge in [0.15, 0.2) is 5.78 Å². The van der Waals surface area contributed by atoms with Gasteiger partial charge in [0.1, 0.15) is 5.75 Å². The molecule has 5 heteroatoms. The minimum absolute atomic E-state index is 0.148. The summed E-state index contributed by atoms with van der Waals surface area (Å²) in [5.41, 5.74) is -1.40. The molecule has 0 saturated heterocycles. The Morgan fingerprint density at radius 3 is 2.27 bits per heavy atom. The van der Waals surface area contributed by atoms with Crippen LogP contribution in [0.3, 0.4) is 0 Å². The Morgan fingerprint density at radius 1 is 1.33 bits per heavy atom. The van der Waals surface area contributed by atoms with E-state index in [4.69, 9.17) is 0 Å². The fourth-order valence-corrected chi connectivity index (χ4v) is 1.20. The summed E-state index contributed by atoms with van der Waals surface area (Å²) in [6, 6.07) is 1.78. The van der Waals surface area contributed by atoms with Gasteiger partial charge in [0.05, 0.1) is 5.56 Å². The summed E-state index contributed by atoms with van der Waals surface area (Å²) >= 11 is 0. The van der Waals surface area contributed by atoms with Gasteiger partial charge in [0.25, 0.3) is 0 Å². The average Bonchev–Trinajstić information content (AvgIpc) is 2.06. The van der Waals surface area contributed by atoms with Gasteiger partial charge in [0, 0.05) is 11.1 Å². The van der Waals surface area contributed by atoms with Crippen LogP contribution in [0.4, 0.5) is 13.2 Å². The van der Waals surface area contributed by atoms with Gasteiger partial charge in [-0.25, -0.2) is 0 Å². The second-order valence-corrected chi connectivity index (χ2v) is 3.22. The molecule has 0 bridgehead atoms. The number of ketones is 1. The molecule has 0 heterocycles. The quantitative estimate of drug-likeness (QED) is 0.736. The third kappa shape index (κ3) is 2.29. The monoisotopic (exact) mass is 218 g/mol. The van der Waals surface area contributed by atoms with E-state index in [1.807, 2.05) is 0 Å². The Balaban J connectivity index is 3.45. The Hall–Kier alpha value is -1.52. The number of benzene rings is 1. The molecule has 0 aliphatic rings. The fraction of sp³-hybridized carbons (Fsp3) is 0.300. The van der Waals surface area contributed by atoms with Crippen LogP contribution in [-0.4, -0.2) is 10.9 Å². The van der Waals surface area contributed by atoms with Crippen molar-refractivity contribution in [3.8, 4) is 5.75 Å². The van der Waals surface area contributed by atoms with Gasteiger partial charge in [0.2, 0.25) is 0 Å². The van der Waals surface area contributed by atoms with Crippen molar-refractivity contribution >= 4 is 5.78 Å². The fourth-order valence-electron chi connectivity index (χ4n) is 1.20. The number of carbonyl (C=O) groups is 1. The highest BCUT2D eigenvalue weighted by molar-refractivity contribution is 5.94. The standard InChI is InChI=1S/C10H9F3O2/c1-5-8(10(11,12)13)3-7(6(2)14)4-9(5)15/h3-4,15H,1-2H3. The lowest BCUT2D eigenvalue weighted by Crippen LogP contribution is -2.09. The molecule has 1 rings (SSSR count). The molecule has 82 valence electrons. The SMILES string of the molecule is CC(=O)c1cc(O)c(C)c(C(F)(F)F)c1. The molecule has 2 nitrogen and oxygen atoms in total. The first-order chi connectivity index (χ1) is 6.73. The van der Waals surface area contributed by atoms with Crippen molar-refractivity contribution in [1.29, 1.82) is 0 Å². The number of Topliss-reactive ketones (excluding diaryl/α,β-unsaturated/α-hetero) is 1. The van der Waals surface area contributed by atoms with Gasteiger partial charge < -0.3 is 5.11 Å². The van der Waals surface area contributed by atoms with Crippen LogP contribution in [0, 0.1) is 6.92 Å². The number of aromatic hydroxyl groups is 1. The topological polar surface area (TPSA) is 37.3 Å². The predicted octanol–water partition coefficient (Wildman–Crippen LogP) is 2.92. The first-order valence-corrected chi connectivity index (χ1v) is 4.15. The summed E-state index contributed by atoms with van der Waals surface area (Å²) in [7, 11) is 0. The lowest BCUT2D eigenvalue weighted by atomic mass is 10.0. The number of alkyl halides is 3. The van der Waals surface area contributed by atoms with Crippen molar-refractivity contribution in [2.24, 2.45) is 0 Å². The zero-order chi connectivity index (χ0) is 11.8. The van der Waals surface area contributed by atoms with E-state index in [1.54, 1.807) is 0 Å². The summed E-state index contributed by atoms with van der Waals surface area (Å²) in [4.78, 5) is 10.9. The van der Waals surface area contributed by atoms with E-state index in [2.05, 4.69) is 0 Å². The molecule has 0 saturated carbocycles. The summed E-state index contributed by atoms with van der Waals surface area (Å²) in [5, 5.41) is 9.24. The normalized spacial score (nSPS) is 11.5. The minimum atomic E-state index is -4.56. The van der Waals surface area contributed by atoms with E-state index in [1.165, 1.54) is 0 Å². The molecule has 1 aromatic rings. The lowest BCUT2D eigenvalue weighted by molar-refractivity contribution is -0.138. The lowest BCUT2D eigenvalue weighted by Gasteiger charge is -2.12. The second kappa shape index (κ2) is 3.56. The predicted molar refractivity (Wildman–Crippen MR) is 47.9 cm³/mol. The van der Waals surface area contributed by atoms with Crippen molar-refractivity contribution in [3.05, 3.63) is 28.8 Å². The van der Waals surface area contributed by atoms with Crippen molar-refractivity contribution in [2.45, 2.75) is 20.0 Å². The van der Waals surface area contributed by atoms with E-state index < -0.39 is 23.3 Å². The largest absolute Gasteiger partial charge is 0.508 e. The number of hydrogen-bond acceptors (Lipinski definition) is 2. The van der Waals surface area contributed by atoms with Crippen LogP contribution in [-0.2, 0) is 6.18 Å². The van der Waals surface area contributed by atoms with Gasteiger partial charge >= 0.3 is 6.18 Å². The van der Waals surface area contributed by atoms with E-state index >= 15 is 0 Å². The van der Waals surface area contributed by atoms with Crippen molar-refractivity contribution in [1.82, 2.24) is 0 Å². The van der Waals surface area contributed by atoms with Crippen molar-refractivity contribution < 1.29 is 23.1 Å². The Morgan fingerprint density at radius 2 is 1.87 bits per heavy atom. The first-order valence-electron chi connectivity index (χ1n) is 4.15. The van der Waals surface area contributed by atoms with E-state index in [-0.39, 0.29) is 11.1 Å². The first kappa shape index (κ1) is 11.6. The number of halogens is 3. The third-order valence-electron chi connectivity index (χ3n) is 2.09. The molecule has 0 aromatic heterocycles. The van der Waals surface area contributed by atoms with Crippen LogP contribution in [0.1, 0.15) is 28.4 Å². The van der Waals surface area contributed by atoms with Gasteiger partial charge in [-0.3, -0.25) is 4.79 Å². The van der Waals surface area contributed by atoms with Crippen molar-refractivity contribution in [2.75, 3.05) is 0 Å². The Kier molecular flexibility index (Phi) is 2.75. The molecule has 0 amide bonds. The maximum Gasteiger partial charge on any atom is 0.416 e. The summed E-state index contributed by atoms with van der Waals surface area (Å²) in [6.45, 7) is 2.30. The molecular formula is C10H9F3O2. The van der Waals surface area contributed by atoms with Crippen LogP contribution in [0.5, 0.6) is 5.75 Å². The van der Waals surface area contributed by atoms with Crippen LogP contribution in [0.2, 0.25) is 0 Å². The molecule has 15 heavy (non-hydrogen) atoms. The molecule has 0 radical (unpaired) electrons. The summed E-state index contributed by atoms with van der Waals surface area (Å²) in [6.07, 6.45) is -4.56. The zero-order valence-electron chi connectivity index (χ0n) is 8.14. The number of hydrogen-bond donors (Lipinski definition) is 1. The van der Waals surface area contributed by atoms with Crippen LogP contribution in [0.25, 0.3) is 0 Å². The smallest absolute Gasteiger partial charge is 0.416 e. The van der Waals surface area contributed by atoms with Crippen LogP contribution in [0.15, 0.2) is 12.1 Å². The summed E-state index contributed by atoms with van der Waals surface area (Å²) in [5.74, 6) is -1.04. The highest BCUT2D eigenvalue weighted by atomic mass is 19.4. The molecule has 0 aliphatic heterocycles. The number of phenolic OH excluding ortho intramolecular Hbond substituents is 1. The zero-order valence-corrected chi connectivity index (χ0v) is 8.14. The molecule has 1 N–H and O–H groups in total. The highest BCUT2D eigenvalue weighted by Gasteiger charge is 2.34. The van der Waals surface area contributed by atoms with Crippen LogP contribution < -0.4 is 0 Å². The van der Waals surface area contributed by atoms with Gasteiger partial charge in [-0.1, -0.05) is 0 Å². The van der Waals surface area contributed by atoms with Gasteiger partial charge in [-0.05, 0) is 26.0 Å². The van der Waals surface area contributed by atoms with E-state index in [0.717, 1.165) is 26.0 Å². The maximum absolute atomic E-state index is 12.4. The molecular weight excluding hydrogens is 209 g/mol. The Labute approximate surface area is 84.3 Å². The van der Waals surface area contributed by atoms with Crippen LogP contribution >= 0.6 is 0 Å². The number of phenols is 1. The summed E-state index contributed by atoms with van der Waals surface area (Å²) < 4.78 is 37.3. The second-order valence-electron chi connectivity index (χ2n) is 3.22. The Bertz CT molecular complexity index is 408. The minimum Gasteiger partial charge on any atom is -0.508 e. The molecule has 0 spiro atoms. The average molecular weight is 218 g/mol. The third-order valence-corrected chi connectivity index (χ3v) is 2.09. The molecule has 0 aliphatic carbocycles. The molecule has 0 atom stereocenters. The molecule has 0 unspecified atom stereocenters. The van der Waals surface area contributed by atoms with Gasteiger partial charge in [-0.2, -0.15) is 13.2 Å².